The molecule has 162 valence electrons. The monoisotopic (exact) mass is 435 g/mol. The zero-order valence-electron chi connectivity index (χ0n) is 18.0. The van der Waals surface area contributed by atoms with Crippen LogP contribution in [0, 0.1) is 6.92 Å². The molecular weight excluding hydrogens is 414 g/mol. The van der Waals surface area contributed by atoms with Crippen molar-refractivity contribution in [2.24, 2.45) is 4.99 Å². The Morgan fingerprint density at radius 3 is 2.58 bits per heavy atom. The number of carbonyl (C=O) groups excluding carboxylic acids is 1. The van der Waals surface area contributed by atoms with E-state index in [9.17, 15) is 9.59 Å². The predicted molar refractivity (Wildman–Crippen MR) is 129 cm³/mol. The predicted octanol–water partition coefficient (Wildman–Crippen LogP) is 3.23. The van der Waals surface area contributed by atoms with Gasteiger partial charge in [-0.3, -0.25) is 14.2 Å². The fourth-order valence-electron chi connectivity index (χ4n) is 4.90. The third-order valence-electron chi connectivity index (χ3n) is 6.36. The van der Waals surface area contributed by atoms with E-state index in [1.165, 1.54) is 4.57 Å². The first kappa shape index (κ1) is 19.4. The van der Waals surface area contributed by atoms with Gasteiger partial charge < -0.3 is 10.6 Å². The topological polar surface area (TPSA) is 93.6 Å². The number of aromatic nitrogens is 2. The van der Waals surface area contributed by atoms with Crippen molar-refractivity contribution in [3.63, 3.8) is 0 Å². The van der Waals surface area contributed by atoms with Gasteiger partial charge in [0.1, 0.15) is 5.82 Å². The highest BCUT2D eigenvalue weighted by Gasteiger charge is 2.38. The number of aryl methyl sites for hydroxylation is 1. The molecule has 0 spiro atoms. The van der Waals surface area contributed by atoms with Gasteiger partial charge in [0, 0.05) is 23.4 Å². The molecule has 3 aromatic carbocycles. The van der Waals surface area contributed by atoms with Gasteiger partial charge in [0.15, 0.2) is 0 Å². The number of aliphatic imine (C=N–C) groups is 1. The quantitative estimate of drug-likeness (QED) is 0.489. The lowest BCUT2D eigenvalue weighted by molar-refractivity contribution is -0.121. The second-order valence-corrected chi connectivity index (χ2v) is 8.38. The van der Waals surface area contributed by atoms with Crippen LogP contribution in [-0.2, 0) is 11.2 Å². The van der Waals surface area contributed by atoms with Crippen LogP contribution >= 0.6 is 0 Å². The van der Waals surface area contributed by atoms with Gasteiger partial charge >= 0.3 is 0 Å². The third kappa shape index (κ3) is 2.89. The average molecular weight is 435 g/mol. The summed E-state index contributed by atoms with van der Waals surface area (Å²) in [5, 5.41) is 0.459. The number of fused-ring (bicyclic) bond motifs is 1. The summed E-state index contributed by atoms with van der Waals surface area (Å²) in [6.45, 7) is 2.26. The lowest BCUT2D eigenvalue weighted by Crippen LogP contribution is -2.39. The third-order valence-corrected chi connectivity index (χ3v) is 6.36. The lowest BCUT2D eigenvalue weighted by Gasteiger charge is -2.22. The molecule has 2 aliphatic rings. The summed E-state index contributed by atoms with van der Waals surface area (Å²) >= 11 is 0. The molecule has 0 bridgehead atoms. The minimum absolute atomic E-state index is 0.243. The Bertz CT molecular complexity index is 1540. The van der Waals surface area contributed by atoms with Crippen LogP contribution < -0.4 is 16.2 Å². The number of anilines is 2. The van der Waals surface area contributed by atoms with E-state index in [0.29, 0.717) is 41.1 Å². The fraction of sp³-hybridized carbons (Fsp3) is 0.154. The molecule has 3 heterocycles. The van der Waals surface area contributed by atoms with Gasteiger partial charge in [-0.05, 0) is 43.2 Å². The molecule has 0 aliphatic carbocycles. The number of nitrogens with zero attached hydrogens (tertiary/aromatic N) is 4. The number of nitrogens with two attached hydrogens (primary N) is 1. The standard InChI is InChI=1S/C26H21N5O2/c1-15-28-21-10-6-5-9-19(21)25(32)31(15)24-26(33)30-12-11-17-13-18(27)14-20(23(17)30)22(29-24)16-7-3-2-4-8-16/h2-10,13-14,24H,11-12,27H2,1H3. The first-order valence-electron chi connectivity index (χ1n) is 10.9. The normalized spacial score (nSPS) is 17.1. The Kier molecular flexibility index (Phi) is 4.20. The Balaban J connectivity index is 1.67. The molecule has 1 amide bonds. The number of benzene rings is 3. The maximum Gasteiger partial charge on any atom is 0.272 e. The summed E-state index contributed by atoms with van der Waals surface area (Å²) in [6, 6.07) is 20.7. The summed E-state index contributed by atoms with van der Waals surface area (Å²) in [5.41, 5.74) is 11.3. The van der Waals surface area contributed by atoms with Gasteiger partial charge in [-0.1, -0.05) is 42.5 Å². The van der Waals surface area contributed by atoms with Crippen molar-refractivity contribution >= 4 is 33.9 Å². The van der Waals surface area contributed by atoms with Crippen LogP contribution in [-0.4, -0.2) is 27.7 Å². The van der Waals surface area contributed by atoms with Crippen LogP contribution in [0.25, 0.3) is 10.9 Å². The second kappa shape index (κ2) is 7.13. The van der Waals surface area contributed by atoms with Crippen molar-refractivity contribution in [3.05, 3.63) is 99.6 Å². The van der Waals surface area contributed by atoms with Gasteiger partial charge in [-0.2, -0.15) is 0 Å². The summed E-state index contributed by atoms with van der Waals surface area (Å²) in [4.78, 5) is 38.7. The van der Waals surface area contributed by atoms with E-state index < -0.39 is 6.17 Å². The van der Waals surface area contributed by atoms with E-state index in [1.807, 2.05) is 48.5 Å². The molecule has 0 radical (unpaired) electrons. The molecular formula is C26H21N5O2. The van der Waals surface area contributed by atoms with Gasteiger partial charge in [-0.15, -0.1) is 0 Å². The van der Waals surface area contributed by atoms with E-state index in [-0.39, 0.29) is 11.5 Å². The Hall–Kier alpha value is -4.26. The largest absolute Gasteiger partial charge is 0.399 e. The number of rotatable bonds is 2. The molecule has 0 saturated carbocycles. The molecule has 1 atom stereocenters. The molecule has 2 aliphatic heterocycles. The highest BCUT2D eigenvalue weighted by atomic mass is 16.2. The van der Waals surface area contributed by atoms with Crippen molar-refractivity contribution < 1.29 is 4.79 Å². The zero-order valence-corrected chi connectivity index (χ0v) is 18.0. The number of amides is 1. The molecule has 33 heavy (non-hydrogen) atoms. The Morgan fingerprint density at radius 2 is 1.76 bits per heavy atom. The minimum atomic E-state index is -1.07. The van der Waals surface area contributed by atoms with Crippen molar-refractivity contribution in [1.82, 2.24) is 9.55 Å². The van der Waals surface area contributed by atoms with E-state index in [4.69, 9.17) is 10.7 Å². The van der Waals surface area contributed by atoms with Crippen molar-refractivity contribution in [2.75, 3.05) is 17.2 Å². The van der Waals surface area contributed by atoms with Crippen LogP contribution in [0.15, 0.2) is 76.5 Å². The molecule has 2 N–H and O–H groups in total. The zero-order chi connectivity index (χ0) is 22.7. The average Bonchev–Trinajstić information content (AvgIpc) is 3.20. The second-order valence-electron chi connectivity index (χ2n) is 8.38. The van der Waals surface area contributed by atoms with Crippen LogP contribution in [0.4, 0.5) is 11.4 Å². The number of hydrogen-bond donors (Lipinski definition) is 1. The highest BCUT2D eigenvalue weighted by Crippen LogP contribution is 2.39. The van der Waals surface area contributed by atoms with Gasteiger partial charge in [0.25, 0.3) is 11.5 Å². The van der Waals surface area contributed by atoms with E-state index >= 15 is 0 Å². The van der Waals surface area contributed by atoms with Gasteiger partial charge in [0.05, 0.1) is 22.3 Å². The maximum atomic E-state index is 13.9. The molecule has 0 saturated heterocycles. The van der Waals surface area contributed by atoms with Crippen LogP contribution in [0.2, 0.25) is 0 Å². The summed E-state index contributed by atoms with van der Waals surface area (Å²) in [7, 11) is 0. The van der Waals surface area contributed by atoms with Crippen LogP contribution in [0.1, 0.15) is 28.7 Å². The SMILES string of the molecule is Cc1nc2ccccc2c(=O)n1C1N=C(c2ccccc2)c2cc(N)cc3c2N(CC3)C1=O. The van der Waals surface area contributed by atoms with Crippen molar-refractivity contribution in [3.8, 4) is 0 Å². The molecule has 6 rings (SSSR count). The molecule has 1 unspecified atom stereocenters. The van der Waals surface area contributed by atoms with Crippen LogP contribution in [0.3, 0.4) is 0 Å². The van der Waals surface area contributed by atoms with E-state index in [1.54, 1.807) is 30.0 Å². The number of para-hydroxylation sites is 1. The number of carbonyl (C=O) groups is 1. The lowest BCUT2D eigenvalue weighted by atomic mass is 9.97. The van der Waals surface area contributed by atoms with Crippen molar-refractivity contribution in [1.29, 1.82) is 0 Å². The number of nitrogen functional groups attached to an aromatic ring is 1. The molecule has 1 aromatic heterocycles. The first-order valence-corrected chi connectivity index (χ1v) is 10.9. The smallest absolute Gasteiger partial charge is 0.272 e. The van der Waals surface area contributed by atoms with E-state index in [2.05, 4.69) is 4.98 Å². The molecule has 7 nitrogen and oxygen atoms in total. The fourth-order valence-corrected chi connectivity index (χ4v) is 4.90. The van der Waals surface area contributed by atoms with Crippen LogP contribution in [0.5, 0.6) is 0 Å². The molecule has 4 aromatic rings. The number of hydrogen-bond acceptors (Lipinski definition) is 5. The van der Waals surface area contributed by atoms with E-state index in [0.717, 1.165) is 22.4 Å². The maximum absolute atomic E-state index is 13.9. The summed E-state index contributed by atoms with van der Waals surface area (Å²) < 4.78 is 1.42. The van der Waals surface area contributed by atoms with Gasteiger partial charge in [-0.25, -0.2) is 9.98 Å². The Morgan fingerprint density at radius 1 is 1.00 bits per heavy atom. The summed E-state index contributed by atoms with van der Waals surface area (Å²) in [6.07, 6.45) is -0.359. The minimum Gasteiger partial charge on any atom is -0.399 e. The Labute approximate surface area is 189 Å². The highest BCUT2D eigenvalue weighted by molar-refractivity contribution is 6.21. The molecule has 0 fully saturated rings. The van der Waals surface area contributed by atoms with Crippen molar-refractivity contribution in [2.45, 2.75) is 19.5 Å². The summed E-state index contributed by atoms with van der Waals surface area (Å²) in [5.74, 6) is 0.200. The first-order chi connectivity index (χ1) is 16.0. The van der Waals surface area contributed by atoms with Gasteiger partial charge in [0.2, 0.25) is 6.17 Å². The molecule has 7 heteroatoms.